The molecule has 0 fully saturated rings. The van der Waals surface area contributed by atoms with Gasteiger partial charge in [-0.2, -0.15) is 0 Å². The van der Waals surface area contributed by atoms with E-state index in [4.69, 9.17) is 9.47 Å². The van der Waals surface area contributed by atoms with Gasteiger partial charge in [0.25, 0.3) is 0 Å². The molecule has 0 radical (unpaired) electrons. The number of ether oxygens (including phenoxy) is 2. The average Bonchev–Trinajstić information content (AvgIpc) is 2.56. The van der Waals surface area contributed by atoms with Gasteiger partial charge in [-0.25, -0.2) is 0 Å². The fraction of sp³-hybridized carbons (Fsp3) is 0.909. The summed E-state index contributed by atoms with van der Waals surface area (Å²) in [5, 5.41) is 0. The van der Waals surface area contributed by atoms with Crippen LogP contribution in [0.4, 0.5) is 0 Å². The standard InChI is InChI=1S/C22H42O4/c1-18(2)16-25-21(23)14-12-10-8-6-7-9-11-13-20(5)15-22(24)26-17-19(3)4/h18-20H,6-17H2,1-5H3. The number of carbonyl (C=O) groups excluding carboxylic acids is 2. The molecule has 4 heteroatoms. The Morgan fingerprint density at radius 2 is 1.12 bits per heavy atom. The molecule has 0 heterocycles. The van der Waals surface area contributed by atoms with Crippen LogP contribution in [-0.4, -0.2) is 25.2 Å². The monoisotopic (exact) mass is 370 g/mol. The lowest BCUT2D eigenvalue weighted by Gasteiger charge is -2.12. The van der Waals surface area contributed by atoms with Gasteiger partial charge in [0.15, 0.2) is 0 Å². The highest BCUT2D eigenvalue weighted by atomic mass is 16.5. The van der Waals surface area contributed by atoms with Gasteiger partial charge in [-0.15, -0.1) is 0 Å². The zero-order valence-corrected chi connectivity index (χ0v) is 17.9. The number of rotatable bonds is 16. The van der Waals surface area contributed by atoms with Gasteiger partial charge in [-0.05, 0) is 24.2 Å². The summed E-state index contributed by atoms with van der Waals surface area (Å²) in [7, 11) is 0. The Labute approximate surface area is 161 Å². The minimum Gasteiger partial charge on any atom is -0.465 e. The molecule has 154 valence electrons. The fourth-order valence-corrected chi connectivity index (χ4v) is 2.68. The molecule has 0 spiro atoms. The smallest absolute Gasteiger partial charge is 0.306 e. The van der Waals surface area contributed by atoms with E-state index in [9.17, 15) is 9.59 Å². The fourth-order valence-electron chi connectivity index (χ4n) is 2.68. The van der Waals surface area contributed by atoms with E-state index in [1.165, 1.54) is 32.1 Å². The normalized spacial score (nSPS) is 12.4. The van der Waals surface area contributed by atoms with Crippen molar-refractivity contribution in [3.8, 4) is 0 Å². The molecular formula is C22H42O4. The van der Waals surface area contributed by atoms with E-state index in [2.05, 4.69) is 20.8 Å². The number of hydrogen-bond acceptors (Lipinski definition) is 4. The lowest BCUT2D eigenvalue weighted by molar-refractivity contribution is -0.146. The second-order valence-corrected chi connectivity index (χ2v) is 8.48. The van der Waals surface area contributed by atoms with Crippen molar-refractivity contribution in [2.75, 3.05) is 13.2 Å². The molecule has 0 aliphatic rings. The van der Waals surface area contributed by atoms with Crippen molar-refractivity contribution in [3.05, 3.63) is 0 Å². The molecule has 26 heavy (non-hydrogen) atoms. The maximum atomic E-state index is 11.7. The minimum absolute atomic E-state index is 0.0559. The molecule has 0 saturated heterocycles. The first kappa shape index (κ1) is 24.9. The van der Waals surface area contributed by atoms with Crippen molar-refractivity contribution in [1.29, 1.82) is 0 Å². The molecule has 0 aliphatic carbocycles. The molecule has 0 aliphatic heterocycles. The van der Waals surface area contributed by atoms with Crippen LogP contribution in [0, 0.1) is 17.8 Å². The van der Waals surface area contributed by atoms with Crippen molar-refractivity contribution in [2.24, 2.45) is 17.8 Å². The van der Waals surface area contributed by atoms with Crippen molar-refractivity contribution < 1.29 is 19.1 Å². The molecule has 1 atom stereocenters. The van der Waals surface area contributed by atoms with Gasteiger partial charge in [0, 0.05) is 12.8 Å². The largest absolute Gasteiger partial charge is 0.465 e. The third-order valence-electron chi connectivity index (χ3n) is 4.25. The van der Waals surface area contributed by atoms with E-state index in [1.807, 2.05) is 13.8 Å². The number of carbonyl (C=O) groups is 2. The first-order valence-corrected chi connectivity index (χ1v) is 10.6. The van der Waals surface area contributed by atoms with Gasteiger partial charge in [-0.1, -0.05) is 79.6 Å². The summed E-state index contributed by atoms with van der Waals surface area (Å²) in [6, 6.07) is 0. The second-order valence-electron chi connectivity index (χ2n) is 8.48. The number of unbranched alkanes of at least 4 members (excludes halogenated alkanes) is 6. The molecule has 0 N–H and O–H groups in total. The Morgan fingerprint density at radius 3 is 1.65 bits per heavy atom. The predicted molar refractivity (Wildman–Crippen MR) is 107 cm³/mol. The van der Waals surface area contributed by atoms with E-state index < -0.39 is 0 Å². The highest BCUT2D eigenvalue weighted by molar-refractivity contribution is 5.69. The van der Waals surface area contributed by atoms with E-state index in [0.717, 1.165) is 19.3 Å². The van der Waals surface area contributed by atoms with Crippen LogP contribution in [0.5, 0.6) is 0 Å². The zero-order valence-electron chi connectivity index (χ0n) is 17.9. The van der Waals surface area contributed by atoms with Gasteiger partial charge < -0.3 is 9.47 Å². The lowest BCUT2D eigenvalue weighted by Crippen LogP contribution is -2.13. The molecule has 1 unspecified atom stereocenters. The Hall–Kier alpha value is -1.06. The maximum absolute atomic E-state index is 11.7. The average molecular weight is 371 g/mol. The highest BCUT2D eigenvalue weighted by Gasteiger charge is 2.10. The topological polar surface area (TPSA) is 52.6 Å². The van der Waals surface area contributed by atoms with Crippen LogP contribution in [0.3, 0.4) is 0 Å². The first-order valence-electron chi connectivity index (χ1n) is 10.6. The van der Waals surface area contributed by atoms with Crippen LogP contribution in [0.15, 0.2) is 0 Å². The number of hydrogen-bond donors (Lipinski definition) is 0. The van der Waals surface area contributed by atoms with Crippen molar-refractivity contribution in [2.45, 2.75) is 98.8 Å². The molecule has 4 nitrogen and oxygen atoms in total. The zero-order chi connectivity index (χ0) is 19.8. The van der Waals surface area contributed by atoms with Gasteiger partial charge in [0.05, 0.1) is 13.2 Å². The number of esters is 2. The summed E-state index contributed by atoms with van der Waals surface area (Å²) in [6.07, 6.45) is 10.3. The quantitative estimate of drug-likeness (QED) is 0.250. The Bertz CT molecular complexity index is 363. The van der Waals surface area contributed by atoms with Crippen LogP contribution < -0.4 is 0 Å². The molecule has 0 aromatic carbocycles. The summed E-state index contributed by atoms with van der Waals surface area (Å²) in [4.78, 5) is 23.1. The summed E-state index contributed by atoms with van der Waals surface area (Å²) in [5.74, 6) is 1.11. The molecular weight excluding hydrogens is 328 g/mol. The maximum Gasteiger partial charge on any atom is 0.306 e. The summed E-state index contributed by atoms with van der Waals surface area (Å²) >= 11 is 0. The van der Waals surface area contributed by atoms with Gasteiger partial charge >= 0.3 is 11.9 Å². The van der Waals surface area contributed by atoms with Crippen LogP contribution in [0.1, 0.15) is 98.8 Å². The van der Waals surface area contributed by atoms with Crippen molar-refractivity contribution >= 4 is 11.9 Å². The summed E-state index contributed by atoms with van der Waals surface area (Å²) in [6.45, 7) is 11.4. The van der Waals surface area contributed by atoms with E-state index in [1.54, 1.807) is 0 Å². The molecule has 0 saturated carbocycles. The minimum atomic E-state index is -0.0573. The Balaban J connectivity index is 3.40. The molecule has 0 aromatic heterocycles. The molecule has 0 aromatic rings. The van der Waals surface area contributed by atoms with Crippen LogP contribution in [-0.2, 0) is 19.1 Å². The summed E-state index contributed by atoms with van der Waals surface area (Å²) in [5.41, 5.74) is 0. The van der Waals surface area contributed by atoms with Crippen LogP contribution >= 0.6 is 0 Å². The molecule has 0 rings (SSSR count). The second kappa shape index (κ2) is 16.1. The highest BCUT2D eigenvalue weighted by Crippen LogP contribution is 2.16. The third kappa shape index (κ3) is 17.8. The van der Waals surface area contributed by atoms with Gasteiger partial charge in [-0.3, -0.25) is 9.59 Å². The van der Waals surface area contributed by atoms with E-state index in [-0.39, 0.29) is 11.9 Å². The lowest BCUT2D eigenvalue weighted by atomic mass is 9.99. The SMILES string of the molecule is CC(C)COC(=O)CCCCCCCCCC(C)CC(=O)OCC(C)C. The Kier molecular flexibility index (Phi) is 15.5. The van der Waals surface area contributed by atoms with Crippen molar-refractivity contribution in [1.82, 2.24) is 0 Å². The van der Waals surface area contributed by atoms with Crippen LogP contribution in [0.2, 0.25) is 0 Å². The first-order chi connectivity index (χ1) is 12.3. The van der Waals surface area contributed by atoms with Crippen LogP contribution in [0.25, 0.3) is 0 Å². The summed E-state index contributed by atoms with van der Waals surface area (Å²) < 4.78 is 10.4. The molecule has 0 amide bonds. The van der Waals surface area contributed by atoms with Gasteiger partial charge in [0.1, 0.15) is 0 Å². The Morgan fingerprint density at radius 1 is 0.654 bits per heavy atom. The van der Waals surface area contributed by atoms with E-state index in [0.29, 0.717) is 43.8 Å². The van der Waals surface area contributed by atoms with E-state index >= 15 is 0 Å². The third-order valence-corrected chi connectivity index (χ3v) is 4.25. The predicted octanol–water partition coefficient (Wildman–Crippen LogP) is 5.92. The van der Waals surface area contributed by atoms with Crippen molar-refractivity contribution in [3.63, 3.8) is 0 Å². The van der Waals surface area contributed by atoms with Gasteiger partial charge in [0.2, 0.25) is 0 Å². The molecule has 0 bridgehead atoms.